The van der Waals surface area contributed by atoms with Gasteiger partial charge < -0.3 is 16.0 Å². The molecule has 3 N–H and O–H groups in total. The van der Waals surface area contributed by atoms with E-state index in [1.54, 1.807) is 6.92 Å². The van der Waals surface area contributed by atoms with Gasteiger partial charge in [0, 0.05) is 25.6 Å². The van der Waals surface area contributed by atoms with Gasteiger partial charge in [-0.05, 0) is 26.2 Å². The van der Waals surface area contributed by atoms with Gasteiger partial charge in [-0.1, -0.05) is 19.3 Å². The summed E-state index contributed by atoms with van der Waals surface area (Å²) >= 11 is 0. The summed E-state index contributed by atoms with van der Waals surface area (Å²) < 4.78 is 0. The molecule has 0 spiro atoms. The maximum atomic E-state index is 11.7. The van der Waals surface area contributed by atoms with Crippen LogP contribution in [-0.4, -0.2) is 31.1 Å². The number of carbonyl (C=O) groups excluding carboxylic acids is 2. The van der Waals surface area contributed by atoms with Crippen LogP contribution in [0.25, 0.3) is 0 Å². The second-order valence-corrected chi connectivity index (χ2v) is 5.67. The van der Waals surface area contributed by atoms with E-state index in [0.717, 1.165) is 12.8 Å². The topological polar surface area (TPSA) is 94.0 Å². The van der Waals surface area contributed by atoms with E-state index in [-0.39, 0.29) is 17.9 Å². The molecular formula is C15H26N4O2. The standard InChI is InChI=1S/C15H26N4O2/c1-12(10-16)11-18-14(20)8-5-9-17-15(21)19-13-6-3-2-4-7-13/h12-13H,2-9,11H2,1H3,(H,18,20)(H2,17,19,21)/t12-/m0/s1. The third kappa shape index (κ3) is 8.18. The lowest BCUT2D eigenvalue weighted by Crippen LogP contribution is -2.43. The number of hydrogen-bond donors (Lipinski definition) is 3. The first-order chi connectivity index (χ1) is 10.1. The molecule has 21 heavy (non-hydrogen) atoms. The maximum Gasteiger partial charge on any atom is 0.315 e. The maximum absolute atomic E-state index is 11.7. The van der Waals surface area contributed by atoms with E-state index in [0.29, 0.717) is 32.0 Å². The molecule has 0 aromatic carbocycles. The zero-order chi connectivity index (χ0) is 15.5. The summed E-state index contributed by atoms with van der Waals surface area (Å²) in [6, 6.07) is 2.22. The lowest BCUT2D eigenvalue weighted by Gasteiger charge is -2.22. The number of rotatable bonds is 7. The molecule has 3 amide bonds. The minimum absolute atomic E-state index is 0.0772. The number of hydrogen-bond acceptors (Lipinski definition) is 3. The zero-order valence-electron chi connectivity index (χ0n) is 12.8. The Bertz CT molecular complexity index is 372. The predicted molar refractivity (Wildman–Crippen MR) is 80.4 cm³/mol. The van der Waals surface area contributed by atoms with Crippen LogP contribution in [0.1, 0.15) is 51.9 Å². The van der Waals surface area contributed by atoms with Gasteiger partial charge in [-0.2, -0.15) is 5.26 Å². The van der Waals surface area contributed by atoms with Crippen molar-refractivity contribution in [1.29, 1.82) is 5.26 Å². The average Bonchev–Trinajstić information content (AvgIpc) is 2.50. The quantitative estimate of drug-likeness (QED) is 0.623. The first-order valence-corrected chi connectivity index (χ1v) is 7.82. The van der Waals surface area contributed by atoms with Crippen LogP contribution in [0.4, 0.5) is 4.79 Å². The summed E-state index contributed by atoms with van der Waals surface area (Å²) in [5, 5.41) is 17.0. The molecule has 1 atom stereocenters. The number of nitriles is 1. The molecule has 1 aliphatic carbocycles. The Morgan fingerprint density at radius 2 is 1.95 bits per heavy atom. The summed E-state index contributed by atoms with van der Waals surface area (Å²) in [6.07, 6.45) is 6.73. The number of urea groups is 1. The van der Waals surface area contributed by atoms with Crippen molar-refractivity contribution in [1.82, 2.24) is 16.0 Å². The van der Waals surface area contributed by atoms with Crippen molar-refractivity contribution < 1.29 is 9.59 Å². The van der Waals surface area contributed by atoms with Gasteiger partial charge in [0.2, 0.25) is 5.91 Å². The highest BCUT2D eigenvalue weighted by molar-refractivity contribution is 5.76. The smallest absolute Gasteiger partial charge is 0.315 e. The zero-order valence-corrected chi connectivity index (χ0v) is 12.8. The number of nitrogens with zero attached hydrogens (tertiary/aromatic N) is 1. The highest BCUT2D eigenvalue weighted by Gasteiger charge is 2.15. The highest BCUT2D eigenvalue weighted by Crippen LogP contribution is 2.17. The van der Waals surface area contributed by atoms with Crippen molar-refractivity contribution in [3.63, 3.8) is 0 Å². The van der Waals surface area contributed by atoms with Crippen molar-refractivity contribution in [3.05, 3.63) is 0 Å². The molecule has 0 aromatic rings. The molecular weight excluding hydrogens is 268 g/mol. The van der Waals surface area contributed by atoms with Crippen LogP contribution in [0.15, 0.2) is 0 Å². The Hall–Kier alpha value is -1.77. The molecule has 0 unspecified atom stereocenters. The molecule has 1 fully saturated rings. The van der Waals surface area contributed by atoms with Crippen molar-refractivity contribution >= 4 is 11.9 Å². The minimum Gasteiger partial charge on any atom is -0.355 e. The van der Waals surface area contributed by atoms with Crippen LogP contribution in [0.3, 0.4) is 0 Å². The Morgan fingerprint density at radius 1 is 1.24 bits per heavy atom. The summed E-state index contributed by atoms with van der Waals surface area (Å²) in [5.74, 6) is -0.250. The fourth-order valence-corrected chi connectivity index (χ4v) is 2.34. The fraction of sp³-hybridized carbons (Fsp3) is 0.800. The largest absolute Gasteiger partial charge is 0.355 e. The van der Waals surface area contributed by atoms with Gasteiger partial charge in [-0.25, -0.2) is 4.79 Å². The second-order valence-electron chi connectivity index (χ2n) is 5.67. The van der Waals surface area contributed by atoms with Gasteiger partial charge in [0.1, 0.15) is 0 Å². The van der Waals surface area contributed by atoms with E-state index < -0.39 is 0 Å². The second kappa shape index (κ2) is 10.0. The van der Waals surface area contributed by atoms with E-state index in [2.05, 4.69) is 22.0 Å². The Morgan fingerprint density at radius 3 is 2.62 bits per heavy atom. The molecule has 0 aliphatic heterocycles. The summed E-state index contributed by atoms with van der Waals surface area (Å²) in [6.45, 7) is 2.63. The van der Waals surface area contributed by atoms with Crippen LogP contribution in [-0.2, 0) is 4.79 Å². The minimum atomic E-state index is -0.173. The summed E-state index contributed by atoms with van der Waals surface area (Å²) in [7, 11) is 0. The molecule has 6 nitrogen and oxygen atoms in total. The Labute approximate surface area is 126 Å². The lowest BCUT2D eigenvalue weighted by atomic mass is 9.96. The third-order valence-corrected chi connectivity index (χ3v) is 3.63. The Kier molecular flexibility index (Phi) is 8.25. The molecule has 1 rings (SSSR count). The Balaban J connectivity index is 2.01. The van der Waals surface area contributed by atoms with Crippen LogP contribution < -0.4 is 16.0 Å². The first-order valence-electron chi connectivity index (χ1n) is 7.82. The van der Waals surface area contributed by atoms with Gasteiger partial charge in [0.05, 0.1) is 12.0 Å². The van der Waals surface area contributed by atoms with Crippen molar-refractivity contribution in [2.45, 2.75) is 57.9 Å². The number of amides is 3. The van der Waals surface area contributed by atoms with Gasteiger partial charge in [-0.15, -0.1) is 0 Å². The lowest BCUT2D eigenvalue weighted by molar-refractivity contribution is -0.121. The highest BCUT2D eigenvalue weighted by atomic mass is 16.2. The molecule has 0 radical (unpaired) electrons. The number of nitrogens with one attached hydrogen (secondary N) is 3. The van der Waals surface area contributed by atoms with Crippen LogP contribution >= 0.6 is 0 Å². The van der Waals surface area contributed by atoms with Crippen LogP contribution in [0, 0.1) is 17.2 Å². The summed E-state index contributed by atoms with van der Waals surface area (Å²) in [4.78, 5) is 23.1. The van der Waals surface area contributed by atoms with Crippen LogP contribution in [0.5, 0.6) is 0 Å². The number of carbonyl (C=O) groups is 2. The fourth-order valence-electron chi connectivity index (χ4n) is 2.34. The molecule has 1 saturated carbocycles. The first kappa shape index (κ1) is 17.3. The molecule has 6 heteroatoms. The SMILES string of the molecule is C[C@@H](C#N)CNC(=O)CCCNC(=O)NC1CCCCC1. The molecule has 1 aliphatic rings. The molecule has 0 saturated heterocycles. The van der Waals surface area contributed by atoms with E-state index in [1.807, 2.05) is 0 Å². The third-order valence-electron chi connectivity index (χ3n) is 3.63. The van der Waals surface area contributed by atoms with Gasteiger partial charge in [0.15, 0.2) is 0 Å². The normalized spacial score (nSPS) is 16.6. The molecule has 118 valence electrons. The summed E-state index contributed by atoms with van der Waals surface area (Å²) in [5.41, 5.74) is 0. The molecule has 0 bridgehead atoms. The van der Waals surface area contributed by atoms with Gasteiger partial charge in [-0.3, -0.25) is 4.79 Å². The molecule has 0 heterocycles. The van der Waals surface area contributed by atoms with Crippen molar-refractivity contribution in [2.24, 2.45) is 5.92 Å². The van der Waals surface area contributed by atoms with Crippen LogP contribution in [0.2, 0.25) is 0 Å². The predicted octanol–water partition coefficient (Wildman–Crippen LogP) is 1.67. The monoisotopic (exact) mass is 294 g/mol. The van der Waals surface area contributed by atoms with Gasteiger partial charge >= 0.3 is 6.03 Å². The van der Waals surface area contributed by atoms with Crippen molar-refractivity contribution in [2.75, 3.05) is 13.1 Å². The van der Waals surface area contributed by atoms with Gasteiger partial charge in [0.25, 0.3) is 0 Å². The van der Waals surface area contributed by atoms with E-state index >= 15 is 0 Å². The van der Waals surface area contributed by atoms with Crippen molar-refractivity contribution in [3.8, 4) is 6.07 Å². The molecule has 0 aromatic heterocycles. The van der Waals surface area contributed by atoms with E-state index in [9.17, 15) is 9.59 Å². The van der Waals surface area contributed by atoms with E-state index in [4.69, 9.17) is 5.26 Å². The average molecular weight is 294 g/mol. The van der Waals surface area contributed by atoms with E-state index in [1.165, 1.54) is 19.3 Å².